The number of halogens is 1. The zero-order valence-corrected chi connectivity index (χ0v) is 13.7. The lowest BCUT2D eigenvalue weighted by Crippen LogP contribution is -2.21. The van der Waals surface area contributed by atoms with Crippen LogP contribution in [0.3, 0.4) is 0 Å². The summed E-state index contributed by atoms with van der Waals surface area (Å²) in [4.78, 5) is 23.1. The Bertz CT molecular complexity index is 798. The fourth-order valence-corrected chi connectivity index (χ4v) is 2.69. The third-order valence-electron chi connectivity index (χ3n) is 3.58. The summed E-state index contributed by atoms with van der Waals surface area (Å²) in [6, 6.07) is 9.43. The summed E-state index contributed by atoms with van der Waals surface area (Å²) < 4.78 is 11.4. The second-order valence-electron chi connectivity index (χ2n) is 5.25. The minimum atomic E-state index is -0.828. The highest BCUT2D eigenvalue weighted by Gasteiger charge is 2.29. The molecule has 1 atom stereocenters. The van der Waals surface area contributed by atoms with Crippen molar-refractivity contribution in [3.63, 3.8) is 0 Å². The van der Waals surface area contributed by atoms with E-state index in [1.807, 2.05) is 30.3 Å². The Labute approximate surface area is 143 Å². The molecule has 3 rings (SSSR count). The maximum atomic E-state index is 11.8. The van der Waals surface area contributed by atoms with E-state index in [-0.39, 0.29) is 6.61 Å². The van der Waals surface area contributed by atoms with Crippen LogP contribution in [0.25, 0.3) is 11.8 Å². The molecule has 1 aliphatic heterocycles. The Morgan fingerprint density at radius 1 is 1.42 bits per heavy atom. The maximum Gasteiger partial charge on any atom is 0.347 e. The molecule has 2 aromatic rings. The first-order chi connectivity index (χ1) is 11.6. The lowest BCUT2D eigenvalue weighted by molar-refractivity contribution is -0.156. The highest BCUT2D eigenvalue weighted by Crippen LogP contribution is 2.24. The van der Waals surface area contributed by atoms with E-state index in [4.69, 9.17) is 21.1 Å². The first kappa shape index (κ1) is 16.3. The quantitative estimate of drug-likeness (QED) is 0.629. The van der Waals surface area contributed by atoms with Crippen molar-refractivity contribution in [2.75, 3.05) is 6.61 Å². The molecule has 1 aromatic carbocycles. The van der Waals surface area contributed by atoms with Gasteiger partial charge in [-0.2, -0.15) is 5.10 Å². The van der Waals surface area contributed by atoms with Crippen LogP contribution in [-0.4, -0.2) is 34.4 Å². The Hall–Kier alpha value is -2.60. The largest absolute Gasteiger partial charge is 0.463 e. The van der Waals surface area contributed by atoms with Crippen LogP contribution in [0.5, 0.6) is 0 Å². The Balaban J connectivity index is 1.76. The van der Waals surface area contributed by atoms with Crippen LogP contribution < -0.4 is 0 Å². The first-order valence-corrected chi connectivity index (χ1v) is 7.80. The number of esters is 2. The second-order valence-corrected chi connectivity index (χ2v) is 5.61. The minimum Gasteiger partial charge on any atom is -0.463 e. The lowest BCUT2D eigenvalue weighted by atomic mass is 10.2. The van der Waals surface area contributed by atoms with Crippen LogP contribution >= 0.6 is 11.6 Å². The molecule has 124 valence electrons. The average molecular weight is 347 g/mol. The van der Waals surface area contributed by atoms with Crippen LogP contribution in [-0.2, 0) is 19.1 Å². The van der Waals surface area contributed by atoms with Gasteiger partial charge in [0.25, 0.3) is 0 Å². The number of benzene rings is 1. The number of cyclic esters (lactones) is 1. The molecule has 7 heteroatoms. The van der Waals surface area contributed by atoms with Gasteiger partial charge in [0.05, 0.1) is 18.0 Å². The zero-order chi connectivity index (χ0) is 17.1. The van der Waals surface area contributed by atoms with Crippen molar-refractivity contribution >= 4 is 29.6 Å². The molecule has 0 N–H and O–H groups in total. The van der Waals surface area contributed by atoms with Gasteiger partial charge in [-0.05, 0) is 25.1 Å². The standard InChI is InChI=1S/C17H15ClN2O4/c1-11-13(7-8-15(21)24-14-9-10-23-17(14)22)16(18)20(19-11)12-5-3-2-4-6-12/h2-8,14H,9-10H2,1H3/b8-7+/t14-/m0/s1. The molecule has 24 heavy (non-hydrogen) atoms. The summed E-state index contributed by atoms with van der Waals surface area (Å²) in [5, 5.41) is 4.77. The molecule has 6 nitrogen and oxygen atoms in total. The van der Waals surface area contributed by atoms with Crippen LogP contribution in [0, 0.1) is 6.92 Å². The van der Waals surface area contributed by atoms with Crippen LogP contribution in [0.4, 0.5) is 0 Å². The van der Waals surface area contributed by atoms with Crippen LogP contribution in [0.15, 0.2) is 36.4 Å². The predicted octanol–water partition coefficient (Wildman–Crippen LogP) is 2.71. The topological polar surface area (TPSA) is 70.4 Å². The number of carbonyl (C=O) groups is 2. The molecule has 1 aliphatic rings. The summed E-state index contributed by atoms with van der Waals surface area (Å²) in [5.41, 5.74) is 2.11. The summed E-state index contributed by atoms with van der Waals surface area (Å²) in [6.07, 6.45) is 2.32. The molecule has 0 radical (unpaired) electrons. The molecule has 0 bridgehead atoms. The van der Waals surface area contributed by atoms with Crippen molar-refractivity contribution in [1.82, 2.24) is 9.78 Å². The summed E-state index contributed by atoms with van der Waals surface area (Å²) in [6.45, 7) is 2.07. The van der Waals surface area contributed by atoms with Gasteiger partial charge in [0.1, 0.15) is 5.15 Å². The number of aryl methyl sites for hydroxylation is 1. The summed E-state index contributed by atoms with van der Waals surface area (Å²) in [7, 11) is 0. The zero-order valence-electron chi connectivity index (χ0n) is 12.9. The van der Waals surface area contributed by atoms with Crippen molar-refractivity contribution in [1.29, 1.82) is 0 Å². The Morgan fingerprint density at radius 2 is 2.17 bits per heavy atom. The number of carbonyl (C=O) groups excluding carboxylic acids is 2. The number of aromatic nitrogens is 2. The van der Waals surface area contributed by atoms with Gasteiger partial charge in [-0.25, -0.2) is 14.3 Å². The average Bonchev–Trinajstić information content (AvgIpc) is 3.10. The van der Waals surface area contributed by atoms with Gasteiger partial charge < -0.3 is 9.47 Å². The van der Waals surface area contributed by atoms with Gasteiger partial charge in [-0.15, -0.1) is 0 Å². The van der Waals surface area contributed by atoms with Crippen molar-refractivity contribution < 1.29 is 19.1 Å². The third-order valence-corrected chi connectivity index (χ3v) is 3.94. The fraction of sp³-hybridized carbons (Fsp3) is 0.235. The van der Waals surface area contributed by atoms with E-state index >= 15 is 0 Å². The van der Waals surface area contributed by atoms with Gasteiger partial charge >= 0.3 is 11.9 Å². The van der Waals surface area contributed by atoms with Crippen molar-refractivity contribution in [3.8, 4) is 5.69 Å². The molecule has 0 aliphatic carbocycles. The monoisotopic (exact) mass is 346 g/mol. The number of nitrogens with zero attached hydrogens (tertiary/aromatic N) is 2. The summed E-state index contributed by atoms with van der Waals surface area (Å²) in [5.74, 6) is -1.13. The van der Waals surface area contributed by atoms with Crippen LogP contribution in [0.2, 0.25) is 5.15 Å². The van der Waals surface area contributed by atoms with E-state index in [0.717, 1.165) is 5.69 Å². The normalized spacial score (nSPS) is 17.2. The smallest absolute Gasteiger partial charge is 0.347 e. The molecule has 1 saturated heterocycles. The number of rotatable bonds is 4. The molecule has 2 heterocycles. The fourth-order valence-electron chi connectivity index (χ4n) is 2.36. The molecule has 0 unspecified atom stereocenters. The number of hydrogen-bond donors (Lipinski definition) is 0. The van der Waals surface area contributed by atoms with Gasteiger partial charge in [0.15, 0.2) is 0 Å². The summed E-state index contributed by atoms with van der Waals surface area (Å²) >= 11 is 6.36. The van der Waals surface area contributed by atoms with Gasteiger partial charge in [-0.1, -0.05) is 29.8 Å². The van der Waals surface area contributed by atoms with E-state index in [0.29, 0.717) is 22.8 Å². The second kappa shape index (κ2) is 6.88. The lowest BCUT2D eigenvalue weighted by Gasteiger charge is -2.05. The van der Waals surface area contributed by atoms with E-state index in [2.05, 4.69) is 5.10 Å². The van der Waals surface area contributed by atoms with E-state index in [1.54, 1.807) is 11.6 Å². The van der Waals surface area contributed by atoms with E-state index < -0.39 is 18.0 Å². The van der Waals surface area contributed by atoms with Gasteiger partial charge in [-0.3, -0.25) is 0 Å². The third kappa shape index (κ3) is 3.33. The first-order valence-electron chi connectivity index (χ1n) is 7.42. The minimum absolute atomic E-state index is 0.273. The maximum absolute atomic E-state index is 11.8. The van der Waals surface area contributed by atoms with Crippen molar-refractivity contribution in [2.45, 2.75) is 19.4 Å². The SMILES string of the molecule is Cc1nn(-c2ccccc2)c(Cl)c1/C=C/C(=O)O[C@H]1CCOC1=O. The van der Waals surface area contributed by atoms with Crippen molar-refractivity contribution in [3.05, 3.63) is 52.8 Å². The molecule has 0 amide bonds. The molecular formula is C17H15ClN2O4. The van der Waals surface area contributed by atoms with Gasteiger partial charge in [0.2, 0.25) is 6.10 Å². The van der Waals surface area contributed by atoms with E-state index in [9.17, 15) is 9.59 Å². The van der Waals surface area contributed by atoms with Crippen LogP contribution in [0.1, 0.15) is 17.7 Å². The number of para-hydroxylation sites is 1. The molecular weight excluding hydrogens is 332 g/mol. The Morgan fingerprint density at radius 3 is 2.83 bits per heavy atom. The van der Waals surface area contributed by atoms with Crippen molar-refractivity contribution in [2.24, 2.45) is 0 Å². The number of hydrogen-bond acceptors (Lipinski definition) is 5. The van der Waals surface area contributed by atoms with E-state index in [1.165, 1.54) is 12.2 Å². The highest BCUT2D eigenvalue weighted by atomic mass is 35.5. The number of ether oxygens (including phenoxy) is 2. The predicted molar refractivity (Wildman–Crippen MR) is 87.8 cm³/mol. The molecule has 0 spiro atoms. The molecule has 0 saturated carbocycles. The molecule has 1 aromatic heterocycles. The highest BCUT2D eigenvalue weighted by molar-refractivity contribution is 6.31. The Kier molecular flexibility index (Phi) is 4.66. The molecule has 1 fully saturated rings. The van der Waals surface area contributed by atoms with Gasteiger partial charge in [0, 0.05) is 18.1 Å².